The van der Waals surface area contributed by atoms with Gasteiger partial charge in [0.2, 0.25) is 5.91 Å². The summed E-state index contributed by atoms with van der Waals surface area (Å²) in [7, 11) is 0. The predicted molar refractivity (Wildman–Crippen MR) is 95.6 cm³/mol. The van der Waals surface area contributed by atoms with Crippen LogP contribution < -0.4 is 10.6 Å². The minimum absolute atomic E-state index is 0.0615. The van der Waals surface area contributed by atoms with Gasteiger partial charge >= 0.3 is 0 Å². The summed E-state index contributed by atoms with van der Waals surface area (Å²) < 4.78 is 0. The summed E-state index contributed by atoms with van der Waals surface area (Å²) in [5.74, 6) is 0.0615. The fourth-order valence-corrected chi connectivity index (χ4v) is 2.68. The molecule has 3 rings (SSSR count). The van der Waals surface area contributed by atoms with Crippen molar-refractivity contribution in [2.75, 3.05) is 13.1 Å². The summed E-state index contributed by atoms with van der Waals surface area (Å²) in [4.78, 5) is 19.1. The maximum atomic E-state index is 11.8. The summed E-state index contributed by atoms with van der Waals surface area (Å²) in [5.41, 5.74) is 3.54. The molecular weight excluding hydrogens is 300 g/mol. The van der Waals surface area contributed by atoms with Crippen LogP contribution in [0.4, 0.5) is 0 Å². The summed E-state index contributed by atoms with van der Waals surface area (Å²) in [6, 6.07) is 12.1. The number of fused-ring (bicyclic) bond motifs is 1. The third-order valence-corrected chi connectivity index (χ3v) is 4.01. The Labute approximate surface area is 141 Å². The molecule has 2 aromatic heterocycles. The number of hydrogen-bond donors (Lipinski definition) is 3. The SMILES string of the molecule is O=C(CCNCCc1c[nH]c2ccccc12)NCc1ccncc1. The molecule has 0 radical (unpaired) electrons. The standard InChI is InChI=1S/C19H22N4O/c24-19(23-13-15-5-9-20-10-6-15)8-12-21-11-7-16-14-22-18-4-2-1-3-17(16)18/h1-6,9-10,14,21-22H,7-8,11-13H2,(H,23,24). The molecule has 0 saturated heterocycles. The zero-order chi connectivity index (χ0) is 16.6. The van der Waals surface area contributed by atoms with Gasteiger partial charge in [-0.15, -0.1) is 0 Å². The highest BCUT2D eigenvalue weighted by Gasteiger charge is 2.03. The molecule has 1 aromatic carbocycles. The highest BCUT2D eigenvalue weighted by molar-refractivity contribution is 5.83. The number of nitrogens with one attached hydrogen (secondary N) is 3. The second-order valence-electron chi connectivity index (χ2n) is 5.74. The Kier molecular flexibility index (Phi) is 5.58. The minimum Gasteiger partial charge on any atom is -0.361 e. The van der Waals surface area contributed by atoms with Crippen molar-refractivity contribution >= 4 is 16.8 Å². The maximum absolute atomic E-state index is 11.8. The first-order valence-electron chi connectivity index (χ1n) is 8.24. The second-order valence-corrected chi connectivity index (χ2v) is 5.74. The maximum Gasteiger partial charge on any atom is 0.221 e. The van der Waals surface area contributed by atoms with Crippen molar-refractivity contribution in [1.29, 1.82) is 0 Å². The van der Waals surface area contributed by atoms with Crippen LogP contribution in [0.1, 0.15) is 17.5 Å². The number of nitrogens with zero attached hydrogens (tertiary/aromatic N) is 1. The molecule has 0 aliphatic rings. The van der Waals surface area contributed by atoms with Gasteiger partial charge in [0.1, 0.15) is 0 Å². The predicted octanol–water partition coefficient (Wildman–Crippen LogP) is 2.40. The van der Waals surface area contributed by atoms with Crippen molar-refractivity contribution in [3.63, 3.8) is 0 Å². The molecule has 0 spiro atoms. The number of carbonyl (C=O) groups is 1. The molecule has 0 aliphatic heterocycles. The molecule has 5 heteroatoms. The van der Waals surface area contributed by atoms with Crippen LogP contribution >= 0.6 is 0 Å². The van der Waals surface area contributed by atoms with Crippen LogP contribution in [0.2, 0.25) is 0 Å². The monoisotopic (exact) mass is 322 g/mol. The molecule has 0 aliphatic carbocycles. The molecule has 3 aromatic rings. The van der Waals surface area contributed by atoms with Gasteiger partial charge < -0.3 is 15.6 Å². The van der Waals surface area contributed by atoms with Crippen molar-refractivity contribution in [2.45, 2.75) is 19.4 Å². The Morgan fingerprint density at radius 3 is 2.79 bits per heavy atom. The average molecular weight is 322 g/mol. The van der Waals surface area contributed by atoms with Crippen molar-refractivity contribution in [1.82, 2.24) is 20.6 Å². The number of para-hydroxylation sites is 1. The van der Waals surface area contributed by atoms with Crippen LogP contribution in [0.25, 0.3) is 10.9 Å². The normalized spacial score (nSPS) is 10.8. The number of benzene rings is 1. The summed E-state index contributed by atoms with van der Waals surface area (Å²) in [6.45, 7) is 2.10. The van der Waals surface area contributed by atoms with Crippen molar-refractivity contribution < 1.29 is 4.79 Å². The largest absolute Gasteiger partial charge is 0.361 e. The van der Waals surface area contributed by atoms with Gasteiger partial charge in [0.15, 0.2) is 0 Å². The number of aromatic amines is 1. The van der Waals surface area contributed by atoms with Gasteiger partial charge in [-0.2, -0.15) is 0 Å². The summed E-state index contributed by atoms with van der Waals surface area (Å²) >= 11 is 0. The van der Waals surface area contributed by atoms with Gasteiger partial charge in [0, 0.05) is 49.0 Å². The van der Waals surface area contributed by atoms with E-state index in [1.54, 1.807) is 12.4 Å². The molecule has 0 atom stereocenters. The summed E-state index contributed by atoms with van der Waals surface area (Å²) in [5, 5.41) is 7.52. The van der Waals surface area contributed by atoms with Crippen LogP contribution in [0, 0.1) is 0 Å². The number of H-pyrrole nitrogens is 1. The minimum atomic E-state index is 0.0615. The van der Waals surface area contributed by atoms with Crippen LogP contribution in [0.3, 0.4) is 0 Å². The van der Waals surface area contributed by atoms with Crippen molar-refractivity contribution in [2.24, 2.45) is 0 Å². The number of aromatic nitrogens is 2. The van der Waals surface area contributed by atoms with Crippen LogP contribution in [-0.2, 0) is 17.8 Å². The Bertz CT molecular complexity index is 782. The van der Waals surface area contributed by atoms with E-state index in [2.05, 4.69) is 45.0 Å². The molecule has 3 N–H and O–H groups in total. The lowest BCUT2D eigenvalue weighted by Crippen LogP contribution is -2.28. The highest BCUT2D eigenvalue weighted by Crippen LogP contribution is 2.17. The fraction of sp³-hybridized carbons (Fsp3) is 0.263. The van der Waals surface area contributed by atoms with Gasteiger partial charge in [-0.1, -0.05) is 18.2 Å². The van der Waals surface area contributed by atoms with Gasteiger partial charge in [-0.05, 0) is 42.3 Å². The number of pyridine rings is 1. The number of carbonyl (C=O) groups excluding carboxylic acids is 1. The van der Waals surface area contributed by atoms with Crippen LogP contribution in [0.5, 0.6) is 0 Å². The first kappa shape index (κ1) is 16.2. The first-order chi connectivity index (χ1) is 11.8. The van der Waals surface area contributed by atoms with E-state index in [-0.39, 0.29) is 5.91 Å². The molecule has 0 unspecified atom stereocenters. The highest BCUT2D eigenvalue weighted by atomic mass is 16.1. The van der Waals surface area contributed by atoms with Gasteiger partial charge in [0.05, 0.1) is 0 Å². The number of rotatable bonds is 8. The lowest BCUT2D eigenvalue weighted by atomic mass is 10.1. The van der Waals surface area contributed by atoms with E-state index in [4.69, 9.17) is 0 Å². The smallest absolute Gasteiger partial charge is 0.221 e. The molecule has 0 fully saturated rings. The Hall–Kier alpha value is -2.66. The fourth-order valence-electron chi connectivity index (χ4n) is 2.68. The number of amides is 1. The quantitative estimate of drug-likeness (QED) is 0.558. The first-order valence-corrected chi connectivity index (χ1v) is 8.24. The molecule has 1 amide bonds. The molecule has 2 heterocycles. The molecule has 0 bridgehead atoms. The Morgan fingerprint density at radius 1 is 1.08 bits per heavy atom. The van der Waals surface area contributed by atoms with E-state index in [0.29, 0.717) is 19.5 Å². The third-order valence-electron chi connectivity index (χ3n) is 4.01. The van der Waals surface area contributed by atoms with Gasteiger partial charge in [-0.25, -0.2) is 0 Å². The van der Waals surface area contributed by atoms with E-state index in [1.165, 1.54) is 16.5 Å². The van der Waals surface area contributed by atoms with E-state index in [0.717, 1.165) is 18.5 Å². The van der Waals surface area contributed by atoms with E-state index >= 15 is 0 Å². The lowest BCUT2D eigenvalue weighted by molar-refractivity contribution is -0.121. The van der Waals surface area contributed by atoms with Gasteiger partial charge in [0.25, 0.3) is 0 Å². The zero-order valence-corrected chi connectivity index (χ0v) is 13.6. The Balaban J connectivity index is 1.33. The summed E-state index contributed by atoms with van der Waals surface area (Å²) in [6.07, 6.45) is 6.96. The molecule has 5 nitrogen and oxygen atoms in total. The van der Waals surface area contributed by atoms with Gasteiger partial charge in [-0.3, -0.25) is 9.78 Å². The van der Waals surface area contributed by atoms with Crippen LogP contribution in [0.15, 0.2) is 55.0 Å². The van der Waals surface area contributed by atoms with Crippen molar-refractivity contribution in [3.8, 4) is 0 Å². The molecule has 124 valence electrons. The Morgan fingerprint density at radius 2 is 1.92 bits per heavy atom. The second kappa shape index (κ2) is 8.26. The topological polar surface area (TPSA) is 69.8 Å². The van der Waals surface area contributed by atoms with Crippen molar-refractivity contribution in [3.05, 3.63) is 66.1 Å². The average Bonchev–Trinajstić information content (AvgIpc) is 3.04. The van der Waals surface area contributed by atoms with E-state index in [9.17, 15) is 4.79 Å². The van der Waals surface area contributed by atoms with Crippen LogP contribution in [-0.4, -0.2) is 29.0 Å². The van der Waals surface area contributed by atoms with E-state index < -0.39 is 0 Å². The number of hydrogen-bond acceptors (Lipinski definition) is 3. The zero-order valence-electron chi connectivity index (χ0n) is 13.6. The third kappa shape index (κ3) is 4.43. The van der Waals surface area contributed by atoms with E-state index in [1.807, 2.05) is 18.2 Å². The molecule has 0 saturated carbocycles. The lowest BCUT2D eigenvalue weighted by Gasteiger charge is -2.06. The molecule has 24 heavy (non-hydrogen) atoms. The molecular formula is C19H22N4O.